The Kier molecular flexibility index (Phi) is 4.36. The average molecular weight is 250 g/mol. The molecule has 2 unspecified atom stereocenters. The van der Waals surface area contributed by atoms with E-state index in [0.717, 1.165) is 24.1 Å². The third kappa shape index (κ3) is 2.73. The molecule has 0 saturated carbocycles. The number of nitrogens with zero attached hydrogens (tertiary/aromatic N) is 1. The zero-order valence-corrected chi connectivity index (χ0v) is 11.3. The lowest BCUT2D eigenvalue weighted by atomic mass is 10.1. The Balaban J connectivity index is 2.13. The van der Waals surface area contributed by atoms with Crippen molar-refractivity contribution in [2.45, 2.75) is 58.3 Å². The van der Waals surface area contributed by atoms with Crippen LogP contribution < -0.4 is 5.73 Å². The van der Waals surface area contributed by atoms with Gasteiger partial charge in [-0.15, -0.1) is 0 Å². The van der Waals surface area contributed by atoms with E-state index < -0.39 is 0 Å². The van der Waals surface area contributed by atoms with Crippen LogP contribution in [0.3, 0.4) is 0 Å². The molecule has 0 bridgehead atoms. The van der Waals surface area contributed by atoms with Gasteiger partial charge in [0.2, 0.25) is 0 Å². The lowest BCUT2D eigenvalue weighted by Gasteiger charge is -2.28. The van der Waals surface area contributed by atoms with E-state index in [1.54, 1.807) is 6.07 Å². The molecule has 1 fully saturated rings. The summed E-state index contributed by atoms with van der Waals surface area (Å²) in [4.78, 5) is 2.43. The van der Waals surface area contributed by atoms with Crippen LogP contribution in [0.15, 0.2) is 18.2 Å². The van der Waals surface area contributed by atoms with Crippen LogP contribution in [-0.2, 0) is 13.1 Å². The summed E-state index contributed by atoms with van der Waals surface area (Å²) in [7, 11) is 0. The minimum absolute atomic E-state index is 0.119. The van der Waals surface area contributed by atoms with Crippen molar-refractivity contribution in [3.63, 3.8) is 0 Å². The van der Waals surface area contributed by atoms with Crippen molar-refractivity contribution in [1.29, 1.82) is 0 Å². The van der Waals surface area contributed by atoms with E-state index in [1.165, 1.54) is 12.8 Å². The second-order valence-corrected chi connectivity index (χ2v) is 5.29. The molecule has 0 spiro atoms. The van der Waals surface area contributed by atoms with E-state index in [-0.39, 0.29) is 5.82 Å². The van der Waals surface area contributed by atoms with Gasteiger partial charge in [0.15, 0.2) is 0 Å². The molecule has 1 heterocycles. The number of nitrogens with two attached hydrogens (primary N) is 1. The zero-order valence-electron chi connectivity index (χ0n) is 11.3. The smallest absolute Gasteiger partial charge is 0.128 e. The van der Waals surface area contributed by atoms with E-state index in [1.807, 2.05) is 12.1 Å². The van der Waals surface area contributed by atoms with Crippen LogP contribution in [0.25, 0.3) is 0 Å². The summed E-state index contributed by atoms with van der Waals surface area (Å²) in [5.74, 6) is -0.119. The molecule has 0 radical (unpaired) electrons. The minimum atomic E-state index is -0.119. The van der Waals surface area contributed by atoms with E-state index in [4.69, 9.17) is 5.73 Å². The summed E-state index contributed by atoms with van der Waals surface area (Å²) < 4.78 is 14.0. The highest BCUT2D eigenvalue weighted by Gasteiger charge is 2.29. The fourth-order valence-corrected chi connectivity index (χ4v) is 2.89. The Morgan fingerprint density at radius 2 is 2.17 bits per heavy atom. The Hall–Kier alpha value is -0.930. The van der Waals surface area contributed by atoms with Crippen molar-refractivity contribution >= 4 is 0 Å². The van der Waals surface area contributed by atoms with Gasteiger partial charge in [-0.3, -0.25) is 4.90 Å². The lowest BCUT2D eigenvalue weighted by Crippen LogP contribution is -2.33. The van der Waals surface area contributed by atoms with Crippen molar-refractivity contribution in [2.75, 3.05) is 0 Å². The standard InChI is InChI=1S/C15H23FN2/c1-3-14-7-4-11(2)18(14)10-13-6-5-12(9-17)8-15(13)16/h5-6,8,11,14H,3-4,7,9-10,17H2,1-2H3. The van der Waals surface area contributed by atoms with Gasteiger partial charge in [0.25, 0.3) is 0 Å². The van der Waals surface area contributed by atoms with E-state index in [2.05, 4.69) is 18.7 Å². The molecule has 0 aromatic heterocycles. The first-order valence-corrected chi connectivity index (χ1v) is 6.88. The van der Waals surface area contributed by atoms with Crippen molar-refractivity contribution in [2.24, 2.45) is 5.73 Å². The number of hydrogen-bond donors (Lipinski definition) is 1. The normalized spacial score (nSPS) is 24.7. The number of benzene rings is 1. The maximum Gasteiger partial charge on any atom is 0.128 e. The topological polar surface area (TPSA) is 29.3 Å². The molecule has 2 nitrogen and oxygen atoms in total. The molecule has 18 heavy (non-hydrogen) atoms. The van der Waals surface area contributed by atoms with Crippen LogP contribution >= 0.6 is 0 Å². The molecule has 2 atom stereocenters. The third-order valence-corrected chi connectivity index (χ3v) is 4.13. The molecule has 1 aromatic rings. The molecule has 1 aliphatic heterocycles. The number of likely N-dealkylation sites (tertiary alicyclic amines) is 1. The molecular weight excluding hydrogens is 227 g/mol. The largest absolute Gasteiger partial charge is 0.326 e. The first-order chi connectivity index (χ1) is 8.65. The highest BCUT2D eigenvalue weighted by molar-refractivity contribution is 5.24. The Morgan fingerprint density at radius 3 is 2.78 bits per heavy atom. The quantitative estimate of drug-likeness (QED) is 0.890. The second-order valence-electron chi connectivity index (χ2n) is 5.29. The summed E-state index contributed by atoms with van der Waals surface area (Å²) in [5.41, 5.74) is 7.17. The minimum Gasteiger partial charge on any atom is -0.326 e. The van der Waals surface area contributed by atoms with E-state index in [9.17, 15) is 4.39 Å². The predicted octanol–water partition coefficient (Wildman–Crippen LogP) is 3.05. The molecule has 100 valence electrons. The molecule has 2 N–H and O–H groups in total. The van der Waals surface area contributed by atoms with Crippen molar-refractivity contribution < 1.29 is 4.39 Å². The first-order valence-electron chi connectivity index (χ1n) is 6.88. The molecule has 2 rings (SSSR count). The van der Waals surface area contributed by atoms with Gasteiger partial charge in [-0.1, -0.05) is 19.1 Å². The highest BCUT2D eigenvalue weighted by atomic mass is 19.1. The number of halogens is 1. The van der Waals surface area contributed by atoms with Crippen LogP contribution in [-0.4, -0.2) is 17.0 Å². The van der Waals surface area contributed by atoms with Crippen LogP contribution in [0, 0.1) is 5.82 Å². The fraction of sp³-hybridized carbons (Fsp3) is 0.600. The van der Waals surface area contributed by atoms with Crippen LogP contribution in [0.4, 0.5) is 4.39 Å². The van der Waals surface area contributed by atoms with Crippen molar-refractivity contribution in [3.05, 3.63) is 35.1 Å². The Labute approximate surface area is 109 Å². The van der Waals surface area contributed by atoms with Crippen LogP contribution in [0.1, 0.15) is 44.2 Å². The Morgan fingerprint density at radius 1 is 1.39 bits per heavy atom. The molecule has 3 heteroatoms. The monoisotopic (exact) mass is 250 g/mol. The fourth-order valence-electron chi connectivity index (χ4n) is 2.89. The zero-order chi connectivity index (χ0) is 13.1. The highest BCUT2D eigenvalue weighted by Crippen LogP contribution is 2.28. The maximum absolute atomic E-state index is 14.0. The average Bonchev–Trinajstić information content (AvgIpc) is 2.73. The SMILES string of the molecule is CCC1CCC(C)N1Cc1ccc(CN)cc1F. The van der Waals surface area contributed by atoms with Gasteiger partial charge in [-0.2, -0.15) is 0 Å². The van der Waals surface area contributed by atoms with Gasteiger partial charge in [-0.05, 0) is 37.8 Å². The maximum atomic E-state index is 14.0. The molecule has 1 aromatic carbocycles. The van der Waals surface area contributed by atoms with Gasteiger partial charge >= 0.3 is 0 Å². The van der Waals surface area contributed by atoms with Gasteiger partial charge in [0.1, 0.15) is 5.82 Å². The summed E-state index contributed by atoms with van der Waals surface area (Å²) in [6.45, 7) is 5.57. The summed E-state index contributed by atoms with van der Waals surface area (Å²) in [6.07, 6.45) is 3.61. The molecule has 1 saturated heterocycles. The summed E-state index contributed by atoms with van der Waals surface area (Å²) in [6, 6.07) is 6.55. The molecule has 0 amide bonds. The second kappa shape index (κ2) is 5.81. The predicted molar refractivity (Wildman–Crippen MR) is 72.6 cm³/mol. The summed E-state index contributed by atoms with van der Waals surface area (Å²) in [5, 5.41) is 0. The Bertz CT molecular complexity index is 405. The van der Waals surface area contributed by atoms with Gasteiger partial charge in [-0.25, -0.2) is 4.39 Å². The lowest BCUT2D eigenvalue weighted by molar-refractivity contribution is 0.187. The van der Waals surface area contributed by atoms with Gasteiger partial charge < -0.3 is 5.73 Å². The molecular formula is C15H23FN2. The number of rotatable bonds is 4. The number of hydrogen-bond acceptors (Lipinski definition) is 2. The molecule has 0 aliphatic carbocycles. The van der Waals surface area contributed by atoms with Gasteiger partial charge in [0.05, 0.1) is 0 Å². The van der Waals surface area contributed by atoms with E-state index >= 15 is 0 Å². The van der Waals surface area contributed by atoms with Crippen LogP contribution in [0.5, 0.6) is 0 Å². The molecule has 1 aliphatic rings. The van der Waals surface area contributed by atoms with Crippen molar-refractivity contribution in [3.8, 4) is 0 Å². The third-order valence-electron chi connectivity index (χ3n) is 4.13. The van der Waals surface area contributed by atoms with Gasteiger partial charge in [0, 0.05) is 30.7 Å². The summed E-state index contributed by atoms with van der Waals surface area (Å²) >= 11 is 0. The van der Waals surface area contributed by atoms with Crippen molar-refractivity contribution in [1.82, 2.24) is 4.90 Å². The van der Waals surface area contributed by atoms with E-state index in [0.29, 0.717) is 18.6 Å². The first kappa shape index (κ1) is 13.5. The van der Waals surface area contributed by atoms with Crippen LogP contribution in [0.2, 0.25) is 0 Å².